The summed E-state index contributed by atoms with van der Waals surface area (Å²) in [4.78, 5) is 37.2. The number of rotatable bonds is 4. The molecule has 7 nitrogen and oxygen atoms in total. The van der Waals surface area contributed by atoms with Crippen molar-refractivity contribution in [2.24, 2.45) is 10.7 Å². The van der Waals surface area contributed by atoms with Crippen LogP contribution in [0.5, 0.6) is 0 Å². The second-order valence-electron chi connectivity index (χ2n) is 7.57. The highest BCUT2D eigenvalue weighted by atomic mass is 32.2. The van der Waals surface area contributed by atoms with E-state index in [4.69, 9.17) is 20.3 Å². The number of carbonyl (C=O) groups excluding carboxylic acids is 2. The first-order chi connectivity index (χ1) is 16.1. The fourth-order valence-electron chi connectivity index (χ4n) is 3.79. The minimum atomic E-state index is -0.517. The summed E-state index contributed by atoms with van der Waals surface area (Å²) in [5.74, 6) is -0.961. The van der Waals surface area contributed by atoms with Gasteiger partial charge in [-0.15, -0.1) is 5.06 Å². The Morgan fingerprint density at radius 3 is 2.52 bits per heavy atom. The van der Waals surface area contributed by atoms with E-state index in [1.54, 1.807) is 23.3 Å². The summed E-state index contributed by atoms with van der Waals surface area (Å²) in [7, 11) is 0. The van der Waals surface area contributed by atoms with Crippen LogP contribution in [0.1, 0.15) is 31.8 Å². The van der Waals surface area contributed by atoms with Gasteiger partial charge in [0.25, 0.3) is 0 Å². The van der Waals surface area contributed by atoms with Gasteiger partial charge >= 0.3 is 5.97 Å². The Morgan fingerprint density at radius 2 is 1.76 bits per heavy atom. The molecule has 2 N–H and O–H groups in total. The monoisotopic (exact) mass is 459 g/mol. The predicted molar refractivity (Wildman–Crippen MR) is 125 cm³/mol. The molecule has 0 unspecified atom stereocenters. The van der Waals surface area contributed by atoms with Crippen molar-refractivity contribution in [2.75, 3.05) is 26.3 Å². The third-order valence-corrected chi connectivity index (χ3v) is 6.53. The van der Waals surface area contributed by atoms with Crippen LogP contribution in [0.2, 0.25) is 0 Å². The molecular weight excluding hydrogens is 438 g/mol. The van der Waals surface area contributed by atoms with Crippen LogP contribution in [0, 0.1) is 0 Å². The minimum absolute atomic E-state index is 0.401. The number of carbonyl (C=O) groups is 2. The largest absolute Gasteiger partial charge is 0.379 e. The zero-order valence-corrected chi connectivity index (χ0v) is 18.5. The molecule has 2 heterocycles. The van der Waals surface area contributed by atoms with Crippen molar-refractivity contribution >= 4 is 35.0 Å². The number of hydroxylamine groups is 2. The summed E-state index contributed by atoms with van der Waals surface area (Å²) < 4.78 is 5.30. The van der Waals surface area contributed by atoms with Crippen molar-refractivity contribution in [3.8, 4) is 0 Å². The smallest absolute Gasteiger partial charge is 0.357 e. The van der Waals surface area contributed by atoms with Gasteiger partial charge in [-0.1, -0.05) is 48.2 Å². The van der Waals surface area contributed by atoms with Gasteiger partial charge in [0.05, 0.1) is 43.3 Å². The average Bonchev–Trinajstić information content (AvgIpc) is 3.01. The van der Waals surface area contributed by atoms with Crippen LogP contribution in [0.25, 0.3) is 0 Å². The van der Waals surface area contributed by atoms with Gasteiger partial charge in [-0.05, 0) is 30.3 Å². The van der Waals surface area contributed by atoms with E-state index in [1.165, 1.54) is 11.8 Å². The summed E-state index contributed by atoms with van der Waals surface area (Å²) in [6.45, 7) is 2.13. The highest BCUT2D eigenvalue weighted by molar-refractivity contribution is 7.99. The van der Waals surface area contributed by atoms with E-state index in [1.807, 2.05) is 48.5 Å². The molecule has 5 rings (SSSR count). The number of benzene rings is 3. The number of nitrogens with two attached hydrogens (primary N) is 1. The topological polar surface area (TPSA) is 94.2 Å². The molecule has 1 amide bonds. The highest BCUT2D eigenvalue weighted by Crippen LogP contribution is 2.42. The minimum Gasteiger partial charge on any atom is -0.379 e. The fraction of sp³-hybridized carbons (Fsp3) is 0.160. The zero-order chi connectivity index (χ0) is 22.8. The van der Waals surface area contributed by atoms with Gasteiger partial charge in [0, 0.05) is 26.5 Å². The standard InChI is InChI=1S/C25H21N3O4S/c26-24(29)18-7-4-8-21-22(18)23(16-5-2-1-3-6-16)27-19-15-17(9-10-20(19)33-21)25(30)32-28-11-13-31-14-12-28/h1-10,15H,11-14H2,(H2,26,29). The lowest BCUT2D eigenvalue weighted by Gasteiger charge is -2.25. The summed E-state index contributed by atoms with van der Waals surface area (Å²) in [6, 6.07) is 20.4. The van der Waals surface area contributed by atoms with E-state index in [0.29, 0.717) is 54.4 Å². The second kappa shape index (κ2) is 9.19. The van der Waals surface area contributed by atoms with Crippen LogP contribution in [-0.2, 0) is 9.57 Å². The first-order valence-corrected chi connectivity index (χ1v) is 11.4. The van der Waals surface area contributed by atoms with Crippen LogP contribution >= 0.6 is 11.8 Å². The number of fused-ring (bicyclic) bond motifs is 2. The number of nitrogens with zero attached hydrogens (tertiary/aromatic N) is 2. The Labute approximate surface area is 195 Å². The van der Waals surface area contributed by atoms with Crippen molar-refractivity contribution in [2.45, 2.75) is 9.79 Å². The van der Waals surface area contributed by atoms with Gasteiger partial charge in [0.1, 0.15) is 0 Å². The fourth-order valence-corrected chi connectivity index (χ4v) is 4.83. The molecule has 0 radical (unpaired) electrons. The van der Waals surface area contributed by atoms with Gasteiger partial charge in [0.15, 0.2) is 0 Å². The Kier molecular flexibility index (Phi) is 5.95. The van der Waals surface area contributed by atoms with Crippen molar-refractivity contribution < 1.29 is 19.2 Å². The van der Waals surface area contributed by atoms with Gasteiger partial charge < -0.3 is 15.3 Å². The molecule has 33 heavy (non-hydrogen) atoms. The number of hydrogen-bond acceptors (Lipinski definition) is 7. The number of amides is 1. The van der Waals surface area contributed by atoms with Crippen LogP contribution in [0.15, 0.2) is 81.5 Å². The Bertz CT molecular complexity index is 1250. The SMILES string of the molecule is NC(=O)c1cccc2c1C(c1ccccc1)=Nc1cc(C(=O)ON3CCOCC3)ccc1S2. The zero-order valence-electron chi connectivity index (χ0n) is 17.7. The van der Waals surface area contributed by atoms with Crippen LogP contribution in [0.4, 0.5) is 5.69 Å². The lowest BCUT2D eigenvalue weighted by atomic mass is 9.96. The molecule has 3 aromatic carbocycles. The molecule has 1 saturated heterocycles. The maximum atomic E-state index is 12.8. The van der Waals surface area contributed by atoms with Crippen molar-refractivity contribution in [1.29, 1.82) is 0 Å². The molecule has 166 valence electrons. The van der Waals surface area contributed by atoms with Crippen molar-refractivity contribution in [3.63, 3.8) is 0 Å². The van der Waals surface area contributed by atoms with E-state index >= 15 is 0 Å². The molecule has 0 aromatic heterocycles. The molecule has 2 aliphatic rings. The lowest BCUT2D eigenvalue weighted by molar-refractivity contribution is -0.150. The number of morpholine rings is 1. The molecule has 8 heteroatoms. The van der Waals surface area contributed by atoms with E-state index in [0.717, 1.165) is 15.4 Å². The summed E-state index contributed by atoms with van der Waals surface area (Å²) >= 11 is 1.49. The van der Waals surface area contributed by atoms with Gasteiger partial charge in [0.2, 0.25) is 5.91 Å². The number of ether oxygens (including phenoxy) is 1. The molecule has 0 spiro atoms. The third-order valence-electron chi connectivity index (χ3n) is 5.40. The molecule has 0 saturated carbocycles. The molecule has 0 aliphatic carbocycles. The van der Waals surface area contributed by atoms with Crippen molar-refractivity contribution in [1.82, 2.24) is 5.06 Å². The average molecular weight is 460 g/mol. The quantitative estimate of drug-likeness (QED) is 0.499. The molecule has 0 bridgehead atoms. The molecule has 1 fully saturated rings. The lowest BCUT2D eigenvalue weighted by Crippen LogP contribution is -2.37. The van der Waals surface area contributed by atoms with E-state index in [9.17, 15) is 9.59 Å². The Balaban J connectivity index is 1.60. The Hall–Kier alpha value is -3.46. The van der Waals surface area contributed by atoms with Crippen molar-refractivity contribution in [3.05, 3.63) is 89.0 Å². The van der Waals surface area contributed by atoms with E-state index in [2.05, 4.69) is 0 Å². The third kappa shape index (κ3) is 4.41. The molecule has 3 aromatic rings. The summed E-state index contributed by atoms with van der Waals surface area (Å²) in [5.41, 5.74) is 9.31. The summed E-state index contributed by atoms with van der Waals surface area (Å²) in [5, 5.41) is 1.61. The normalized spacial score (nSPS) is 15.6. The highest BCUT2D eigenvalue weighted by Gasteiger charge is 2.25. The first-order valence-electron chi connectivity index (χ1n) is 10.5. The molecular formula is C25H21N3O4S. The van der Waals surface area contributed by atoms with E-state index in [-0.39, 0.29) is 0 Å². The maximum Gasteiger partial charge on any atom is 0.357 e. The van der Waals surface area contributed by atoms with Gasteiger partial charge in [-0.2, -0.15) is 0 Å². The first kappa shape index (κ1) is 21.4. The summed E-state index contributed by atoms with van der Waals surface area (Å²) in [6.07, 6.45) is 0. The number of hydrogen-bond donors (Lipinski definition) is 1. The van der Waals surface area contributed by atoms with Crippen LogP contribution in [0.3, 0.4) is 0 Å². The van der Waals surface area contributed by atoms with Gasteiger partial charge in [-0.3, -0.25) is 4.79 Å². The van der Waals surface area contributed by atoms with Gasteiger partial charge in [-0.25, -0.2) is 9.79 Å². The van der Waals surface area contributed by atoms with Crippen LogP contribution < -0.4 is 5.73 Å². The number of primary amides is 1. The van der Waals surface area contributed by atoms with Crippen LogP contribution in [-0.4, -0.2) is 49.0 Å². The molecule has 2 aliphatic heterocycles. The maximum absolute atomic E-state index is 12.8. The Morgan fingerprint density at radius 1 is 0.970 bits per heavy atom. The molecule has 0 atom stereocenters. The second-order valence-corrected chi connectivity index (χ2v) is 8.66. The van der Waals surface area contributed by atoms with E-state index < -0.39 is 11.9 Å². The number of aliphatic imine (C=N–C) groups is 1. The predicted octanol–water partition coefficient (Wildman–Crippen LogP) is 3.82.